The topological polar surface area (TPSA) is 68.3 Å². The molecule has 0 bridgehead atoms. The molecule has 1 aliphatic heterocycles. The Morgan fingerprint density at radius 3 is 2.12 bits per heavy atom. The van der Waals surface area contributed by atoms with Crippen LogP contribution in [0.2, 0.25) is 5.02 Å². The van der Waals surface area contributed by atoms with Crippen molar-refractivity contribution >= 4 is 23.4 Å². The zero-order valence-corrected chi connectivity index (χ0v) is 19.8. The van der Waals surface area contributed by atoms with Crippen molar-refractivity contribution in [2.75, 3.05) is 48.0 Å². The third kappa shape index (κ3) is 4.63. The maximum Gasteiger partial charge on any atom is 0.253 e. The van der Waals surface area contributed by atoms with Crippen LogP contribution in [0, 0.1) is 5.92 Å². The van der Waals surface area contributed by atoms with Gasteiger partial charge in [0.05, 0.1) is 27.2 Å². The minimum atomic E-state index is -0.390. The molecule has 0 radical (unpaired) electrons. The van der Waals surface area contributed by atoms with E-state index in [0.717, 1.165) is 5.56 Å². The molecule has 0 spiro atoms. The van der Waals surface area contributed by atoms with Crippen LogP contribution in [0.4, 0.5) is 0 Å². The number of hydrogen-bond acceptors (Lipinski definition) is 5. The molecule has 8 heteroatoms. The number of nitrogens with zero attached hydrogens (tertiary/aromatic N) is 2. The molecule has 2 aromatic carbocycles. The van der Waals surface area contributed by atoms with E-state index in [9.17, 15) is 9.59 Å². The molecule has 3 rings (SSSR count). The van der Waals surface area contributed by atoms with Gasteiger partial charge in [-0.15, -0.1) is 0 Å². The van der Waals surface area contributed by atoms with Crippen molar-refractivity contribution in [2.24, 2.45) is 5.92 Å². The lowest BCUT2D eigenvalue weighted by Gasteiger charge is -2.24. The highest BCUT2D eigenvalue weighted by molar-refractivity contribution is 6.30. The Labute approximate surface area is 193 Å². The number of rotatable bonds is 7. The first-order chi connectivity index (χ1) is 15.3. The molecular formula is C24H29ClN2O5. The van der Waals surface area contributed by atoms with E-state index in [0.29, 0.717) is 47.5 Å². The average Bonchev–Trinajstić information content (AvgIpc) is 3.27. The molecule has 1 saturated heterocycles. The fraction of sp³-hybridized carbons (Fsp3) is 0.417. The normalized spacial score (nSPS) is 17.8. The molecule has 0 saturated carbocycles. The van der Waals surface area contributed by atoms with Crippen LogP contribution in [0.5, 0.6) is 17.2 Å². The van der Waals surface area contributed by atoms with Gasteiger partial charge in [-0.3, -0.25) is 9.59 Å². The van der Waals surface area contributed by atoms with Crippen LogP contribution in [0.25, 0.3) is 0 Å². The molecule has 2 atom stereocenters. The third-order valence-corrected chi connectivity index (χ3v) is 6.23. The molecule has 172 valence electrons. The Bertz CT molecular complexity index is 954. The van der Waals surface area contributed by atoms with Crippen molar-refractivity contribution < 1.29 is 23.8 Å². The summed E-state index contributed by atoms with van der Waals surface area (Å²) in [5, 5.41) is 0.566. The first-order valence-electron chi connectivity index (χ1n) is 10.4. The van der Waals surface area contributed by atoms with Crippen molar-refractivity contribution in [3.8, 4) is 17.2 Å². The molecule has 7 nitrogen and oxygen atoms in total. The number of carbonyl (C=O) groups is 2. The minimum Gasteiger partial charge on any atom is -0.493 e. The van der Waals surface area contributed by atoms with Crippen LogP contribution in [0.1, 0.15) is 28.8 Å². The van der Waals surface area contributed by atoms with Crippen molar-refractivity contribution in [2.45, 2.75) is 12.8 Å². The largest absolute Gasteiger partial charge is 0.493 e. The van der Waals surface area contributed by atoms with Crippen LogP contribution in [0.3, 0.4) is 0 Å². The highest BCUT2D eigenvalue weighted by atomic mass is 35.5. The number of benzene rings is 2. The summed E-state index contributed by atoms with van der Waals surface area (Å²) in [5.41, 5.74) is 1.39. The fourth-order valence-electron chi connectivity index (χ4n) is 4.09. The summed E-state index contributed by atoms with van der Waals surface area (Å²) in [6.07, 6.45) is 0. The van der Waals surface area contributed by atoms with E-state index in [-0.39, 0.29) is 23.7 Å². The molecule has 0 aliphatic carbocycles. The molecule has 0 aromatic heterocycles. The Hall–Kier alpha value is -2.93. The van der Waals surface area contributed by atoms with Gasteiger partial charge in [0.1, 0.15) is 0 Å². The number of halogens is 1. The SMILES string of the molecule is CCN(C)C(=O)C1CN(C(=O)c2ccc(Cl)cc2)CC1c1cc(OC)c(OC)c(OC)c1. The standard InChI is InChI=1S/C24H29ClN2O5/c1-6-26(2)24(29)19-14-27(23(28)15-7-9-17(25)10-8-15)13-18(19)16-11-20(30-3)22(32-5)21(12-16)31-4/h7-12,18-19H,6,13-14H2,1-5H3. The predicted octanol–water partition coefficient (Wildman–Crippen LogP) is 3.70. The van der Waals surface area contributed by atoms with Gasteiger partial charge in [0, 0.05) is 43.2 Å². The molecule has 2 amide bonds. The second-order valence-electron chi connectivity index (χ2n) is 7.74. The summed E-state index contributed by atoms with van der Waals surface area (Å²) in [6.45, 7) is 3.24. The van der Waals surface area contributed by atoms with Crippen molar-refractivity contribution in [1.29, 1.82) is 0 Å². The van der Waals surface area contributed by atoms with Gasteiger partial charge in [-0.2, -0.15) is 0 Å². The van der Waals surface area contributed by atoms with E-state index in [1.54, 1.807) is 62.4 Å². The number of hydrogen-bond donors (Lipinski definition) is 0. The summed E-state index contributed by atoms with van der Waals surface area (Å²) in [5.74, 6) is 0.768. The second kappa shape index (κ2) is 10.1. The highest BCUT2D eigenvalue weighted by Gasteiger charge is 2.42. The maximum atomic E-state index is 13.2. The molecule has 2 unspecified atom stereocenters. The molecule has 1 aliphatic rings. The Kier molecular flexibility index (Phi) is 7.51. The average molecular weight is 461 g/mol. The van der Waals surface area contributed by atoms with E-state index < -0.39 is 0 Å². The van der Waals surface area contributed by atoms with Gasteiger partial charge in [0.25, 0.3) is 5.91 Å². The summed E-state index contributed by atoms with van der Waals surface area (Å²) in [6, 6.07) is 10.5. The number of carbonyl (C=O) groups excluding carboxylic acids is 2. The highest BCUT2D eigenvalue weighted by Crippen LogP contribution is 2.43. The molecule has 0 N–H and O–H groups in total. The van der Waals surface area contributed by atoms with E-state index in [1.165, 1.54) is 0 Å². The van der Waals surface area contributed by atoms with E-state index in [1.807, 2.05) is 19.1 Å². The van der Waals surface area contributed by atoms with Gasteiger partial charge in [0.2, 0.25) is 11.7 Å². The predicted molar refractivity (Wildman–Crippen MR) is 123 cm³/mol. The number of methoxy groups -OCH3 is 3. The molecule has 1 fully saturated rings. The number of ether oxygens (including phenoxy) is 3. The molecule has 32 heavy (non-hydrogen) atoms. The van der Waals surface area contributed by atoms with E-state index >= 15 is 0 Å². The van der Waals surface area contributed by atoms with Crippen LogP contribution in [-0.4, -0.2) is 69.6 Å². The Morgan fingerprint density at radius 1 is 1.03 bits per heavy atom. The zero-order chi connectivity index (χ0) is 23.4. The zero-order valence-electron chi connectivity index (χ0n) is 19.1. The van der Waals surface area contributed by atoms with Gasteiger partial charge in [-0.05, 0) is 48.9 Å². The van der Waals surface area contributed by atoms with Gasteiger partial charge < -0.3 is 24.0 Å². The maximum absolute atomic E-state index is 13.2. The smallest absolute Gasteiger partial charge is 0.253 e. The van der Waals surface area contributed by atoms with Gasteiger partial charge in [-0.25, -0.2) is 0 Å². The summed E-state index contributed by atoms with van der Waals surface area (Å²) in [4.78, 5) is 29.8. The minimum absolute atomic E-state index is 0.00217. The summed E-state index contributed by atoms with van der Waals surface area (Å²) in [7, 11) is 6.43. The number of amides is 2. The molecular weight excluding hydrogens is 432 g/mol. The Balaban J connectivity index is 2.00. The second-order valence-corrected chi connectivity index (χ2v) is 8.18. The van der Waals surface area contributed by atoms with Crippen molar-refractivity contribution in [1.82, 2.24) is 9.80 Å². The molecule has 2 aromatic rings. The van der Waals surface area contributed by atoms with Crippen molar-refractivity contribution in [3.63, 3.8) is 0 Å². The number of likely N-dealkylation sites (tertiary alicyclic amines) is 1. The first-order valence-corrected chi connectivity index (χ1v) is 10.8. The van der Waals surface area contributed by atoms with Crippen LogP contribution in [-0.2, 0) is 4.79 Å². The lowest BCUT2D eigenvalue weighted by molar-refractivity contribution is -0.133. The van der Waals surface area contributed by atoms with Crippen molar-refractivity contribution in [3.05, 3.63) is 52.5 Å². The van der Waals surface area contributed by atoms with Crippen LogP contribution < -0.4 is 14.2 Å². The van der Waals surface area contributed by atoms with Crippen LogP contribution in [0.15, 0.2) is 36.4 Å². The van der Waals surface area contributed by atoms with Gasteiger partial charge in [-0.1, -0.05) is 11.6 Å². The summed E-state index contributed by atoms with van der Waals surface area (Å²) < 4.78 is 16.4. The van der Waals surface area contributed by atoms with E-state index in [2.05, 4.69) is 0 Å². The van der Waals surface area contributed by atoms with E-state index in [4.69, 9.17) is 25.8 Å². The summed E-state index contributed by atoms with van der Waals surface area (Å²) >= 11 is 5.97. The Morgan fingerprint density at radius 2 is 1.62 bits per heavy atom. The molecule has 1 heterocycles. The fourth-order valence-corrected chi connectivity index (χ4v) is 4.21. The monoisotopic (exact) mass is 460 g/mol. The quantitative estimate of drug-likeness (QED) is 0.630. The third-order valence-electron chi connectivity index (χ3n) is 5.98. The van der Waals surface area contributed by atoms with Crippen LogP contribution >= 0.6 is 11.6 Å². The van der Waals surface area contributed by atoms with Gasteiger partial charge in [0.15, 0.2) is 11.5 Å². The first kappa shape index (κ1) is 23.7. The lowest BCUT2D eigenvalue weighted by Crippen LogP contribution is -2.36. The van der Waals surface area contributed by atoms with Gasteiger partial charge >= 0.3 is 0 Å². The lowest BCUT2D eigenvalue weighted by atomic mass is 9.87.